The van der Waals surface area contributed by atoms with Crippen molar-refractivity contribution in [2.24, 2.45) is 0 Å². The third-order valence-electron chi connectivity index (χ3n) is 6.04. The zero-order chi connectivity index (χ0) is 23.2. The van der Waals surface area contributed by atoms with Crippen molar-refractivity contribution in [1.82, 2.24) is 24.4 Å². The van der Waals surface area contributed by atoms with Gasteiger partial charge in [-0.3, -0.25) is 4.57 Å². The van der Waals surface area contributed by atoms with E-state index in [1.165, 1.54) is 0 Å². The number of rotatable bonds is 11. The smallest absolute Gasteiger partial charge is 0.326 e. The zero-order valence-corrected chi connectivity index (χ0v) is 19.6. The average molecular weight is 449 g/mol. The summed E-state index contributed by atoms with van der Waals surface area (Å²) in [5, 5.41) is 4.30. The molecule has 0 amide bonds. The van der Waals surface area contributed by atoms with Crippen LogP contribution in [0.25, 0.3) is 21.9 Å². The van der Waals surface area contributed by atoms with Crippen molar-refractivity contribution >= 4 is 27.8 Å². The molecule has 0 atom stereocenters. The molecular weight excluding hydrogens is 416 g/mol. The summed E-state index contributed by atoms with van der Waals surface area (Å²) in [5.74, 6) is 1.61. The molecule has 0 aliphatic heterocycles. The maximum Gasteiger partial charge on any atom is 0.326 e. The van der Waals surface area contributed by atoms with Gasteiger partial charge in [-0.05, 0) is 44.6 Å². The molecule has 0 saturated carbocycles. The van der Waals surface area contributed by atoms with Crippen LogP contribution in [-0.4, -0.2) is 50.7 Å². The molecule has 0 radical (unpaired) electrons. The summed E-state index contributed by atoms with van der Waals surface area (Å²) in [5.41, 5.74) is 3.38. The minimum absolute atomic E-state index is 0.114. The Hall–Kier alpha value is -3.39. The van der Waals surface area contributed by atoms with Gasteiger partial charge in [-0.1, -0.05) is 32.0 Å². The summed E-state index contributed by atoms with van der Waals surface area (Å²) >= 11 is 0. The summed E-state index contributed by atoms with van der Waals surface area (Å²) in [6.07, 6.45) is 2.54. The fraction of sp³-hybridized carbons (Fsp3) is 0.400. The number of aromatic nitrogens is 4. The van der Waals surface area contributed by atoms with Crippen LogP contribution in [0.3, 0.4) is 0 Å². The number of aryl methyl sites for hydroxylation is 1. The topological polar surface area (TPSA) is 88.1 Å². The fourth-order valence-electron chi connectivity index (χ4n) is 4.14. The highest BCUT2D eigenvalue weighted by atomic mass is 16.5. The van der Waals surface area contributed by atoms with Gasteiger partial charge in [0.25, 0.3) is 0 Å². The monoisotopic (exact) mass is 448 g/mol. The predicted octanol–water partition coefficient (Wildman–Crippen LogP) is 4.02. The molecule has 174 valence electrons. The Balaban J connectivity index is 1.50. The van der Waals surface area contributed by atoms with E-state index >= 15 is 0 Å². The molecule has 4 aromatic rings. The number of ether oxygens (including phenoxy) is 1. The van der Waals surface area contributed by atoms with Gasteiger partial charge in [0.05, 0.1) is 23.2 Å². The lowest BCUT2D eigenvalue weighted by molar-refractivity contribution is 0.248. The molecular formula is C25H32N6O2. The lowest BCUT2D eigenvalue weighted by Gasteiger charge is -2.18. The number of nitrogens with zero attached hydrogens (tertiary/aromatic N) is 4. The lowest BCUT2D eigenvalue weighted by atomic mass is 10.1. The maximum absolute atomic E-state index is 12.2. The number of fused-ring (bicyclic) bond motifs is 2. The van der Waals surface area contributed by atoms with Crippen molar-refractivity contribution < 1.29 is 4.74 Å². The molecule has 2 N–H and O–H groups in total. The number of benzene rings is 2. The molecule has 8 heteroatoms. The molecule has 2 heterocycles. The summed E-state index contributed by atoms with van der Waals surface area (Å²) < 4.78 is 7.80. The Bertz CT molecular complexity index is 1280. The van der Waals surface area contributed by atoms with Crippen molar-refractivity contribution in [1.29, 1.82) is 0 Å². The second kappa shape index (κ2) is 10.5. The first-order valence-corrected chi connectivity index (χ1v) is 11.7. The number of hydrogen-bond donors (Lipinski definition) is 2. The van der Waals surface area contributed by atoms with E-state index in [1.54, 1.807) is 10.9 Å². The second-order valence-electron chi connectivity index (χ2n) is 7.97. The van der Waals surface area contributed by atoms with Gasteiger partial charge in [0.15, 0.2) is 0 Å². The van der Waals surface area contributed by atoms with Crippen LogP contribution in [0.5, 0.6) is 5.75 Å². The number of nitrogens with one attached hydrogen (secondary N) is 2. The van der Waals surface area contributed by atoms with Gasteiger partial charge < -0.3 is 19.9 Å². The van der Waals surface area contributed by atoms with Crippen LogP contribution in [0.1, 0.15) is 32.8 Å². The standard InChI is InChI=1S/C25H32N6O2/c1-4-30(5-2)12-9-13-33-23-11-8-7-10-18(23)16-26-24-19-14-21-22(15-20(19)27-17-28-24)31(6-3)25(32)29-21/h7-8,10-11,14-15,17H,4-6,9,12-13,16H2,1-3H3,(H,29,32)(H,26,27,28). The summed E-state index contributed by atoms with van der Waals surface area (Å²) in [4.78, 5) is 26.4. The molecule has 0 aliphatic carbocycles. The third kappa shape index (κ3) is 5.01. The van der Waals surface area contributed by atoms with Gasteiger partial charge in [-0.2, -0.15) is 0 Å². The van der Waals surface area contributed by atoms with Crippen LogP contribution in [0.4, 0.5) is 5.82 Å². The van der Waals surface area contributed by atoms with E-state index in [0.29, 0.717) is 19.7 Å². The number of para-hydroxylation sites is 1. The van der Waals surface area contributed by atoms with Crippen molar-refractivity contribution in [3.63, 3.8) is 0 Å². The molecule has 2 aromatic carbocycles. The summed E-state index contributed by atoms with van der Waals surface area (Å²) in [7, 11) is 0. The summed E-state index contributed by atoms with van der Waals surface area (Å²) in [6, 6.07) is 12.0. The quantitative estimate of drug-likeness (QED) is 0.337. The molecule has 4 rings (SSSR count). The van der Waals surface area contributed by atoms with E-state index in [2.05, 4.69) is 45.1 Å². The Morgan fingerprint density at radius 3 is 2.73 bits per heavy atom. The molecule has 2 aromatic heterocycles. The van der Waals surface area contributed by atoms with Crippen molar-refractivity contribution in [3.8, 4) is 5.75 Å². The highest BCUT2D eigenvalue weighted by Crippen LogP contribution is 2.26. The molecule has 0 bridgehead atoms. The molecule has 0 saturated heterocycles. The predicted molar refractivity (Wildman–Crippen MR) is 133 cm³/mol. The van der Waals surface area contributed by atoms with Gasteiger partial charge in [0.1, 0.15) is 17.9 Å². The van der Waals surface area contributed by atoms with Crippen molar-refractivity contribution in [2.45, 2.75) is 40.3 Å². The van der Waals surface area contributed by atoms with E-state index in [0.717, 1.165) is 65.1 Å². The van der Waals surface area contributed by atoms with Gasteiger partial charge in [0, 0.05) is 30.6 Å². The van der Waals surface area contributed by atoms with Gasteiger partial charge in [-0.25, -0.2) is 14.8 Å². The van der Waals surface area contributed by atoms with Gasteiger partial charge in [-0.15, -0.1) is 0 Å². The number of hydrogen-bond acceptors (Lipinski definition) is 6. The number of aromatic amines is 1. The van der Waals surface area contributed by atoms with Crippen LogP contribution in [0.2, 0.25) is 0 Å². The average Bonchev–Trinajstić information content (AvgIpc) is 3.15. The van der Waals surface area contributed by atoms with Crippen molar-refractivity contribution in [2.75, 3.05) is 31.6 Å². The first kappa shape index (κ1) is 22.8. The van der Waals surface area contributed by atoms with Crippen molar-refractivity contribution in [3.05, 3.63) is 58.8 Å². The normalized spacial score (nSPS) is 11.5. The zero-order valence-electron chi connectivity index (χ0n) is 19.6. The van der Waals surface area contributed by atoms with Gasteiger partial charge >= 0.3 is 5.69 Å². The molecule has 0 spiro atoms. The molecule has 8 nitrogen and oxygen atoms in total. The van der Waals surface area contributed by atoms with E-state index in [4.69, 9.17) is 4.74 Å². The number of H-pyrrole nitrogens is 1. The highest BCUT2D eigenvalue weighted by molar-refractivity contribution is 5.98. The van der Waals surface area contributed by atoms with E-state index in [-0.39, 0.29) is 5.69 Å². The third-order valence-corrected chi connectivity index (χ3v) is 6.04. The first-order valence-electron chi connectivity index (χ1n) is 11.7. The molecule has 0 aliphatic rings. The largest absolute Gasteiger partial charge is 0.493 e. The first-order chi connectivity index (χ1) is 16.1. The Kier molecular flexibility index (Phi) is 7.24. The minimum atomic E-state index is -0.114. The van der Waals surface area contributed by atoms with E-state index in [1.807, 2.05) is 37.3 Å². The lowest BCUT2D eigenvalue weighted by Crippen LogP contribution is -2.25. The Labute approximate surface area is 193 Å². The van der Waals surface area contributed by atoms with Crippen LogP contribution >= 0.6 is 0 Å². The highest BCUT2D eigenvalue weighted by Gasteiger charge is 2.11. The Morgan fingerprint density at radius 1 is 1.12 bits per heavy atom. The molecule has 0 unspecified atom stereocenters. The molecule has 0 fully saturated rings. The van der Waals surface area contributed by atoms with Crippen LogP contribution in [0, 0.1) is 0 Å². The summed E-state index contributed by atoms with van der Waals surface area (Å²) in [6.45, 7) is 11.3. The van der Waals surface area contributed by atoms with Crippen LogP contribution < -0.4 is 15.7 Å². The molecule has 33 heavy (non-hydrogen) atoms. The SMILES string of the molecule is CCN(CC)CCCOc1ccccc1CNc1ncnc2cc3c(cc12)[nH]c(=O)n3CC. The maximum atomic E-state index is 12.2. The minimum Gasteiger partial charge on any atom is -0.493 e. The van der Waals surface area contributed by atoms with Gasteiger partial charge in [0.2, 0.25) is 0 Å². The van der Waals surface area contributed by atoms with Crippen LogP contribution in [-0.2, 0) is 13.1 Å². The Morgan fingerprint density at radius 2 is 1.94 bits per heavy atom. The van der Waals surface area contributed by atoms with E-state index < -0.39 is 0 Å². The number of imidazole rings is 1. The van der Waals surface area contributed by atoms with Crippen LogP contribution in [0.15, 0.2) is 47.5 Å². The second-order valence-corrected chi connectivity index (χ2v) is 7.97. The van der Waals surface area contributed by atoms with E-state index in [9.17, 15) is 4.79 Å². The number of anilines is 1. The fourth-order valence-corrected chi connectivity index (χ4v) is 4.14.